The molecule has 0 heterocycles. The van der Waals surface area contributed by atoms with E-state index in [2.05, 4.69) is 0 Å². The van der Waals surface area contributed by atoms with Gasteiger partial charge in [0.2, 0.25) is 0 Å². The average Bonchev–Trinajstić information content (AvgIpc) is 2.35. The number of benzene rings is 1. The van der Waals surface area contributed by atoms with Crippen molar-refractivity contribution in [1.29, 1.82) is 0 Å². The molecule has 0 aliphatic rings. The summed E-state index contributed by atoms with van der Waals surface area (Å²) < 4.78 is 16.0. The zero-order chi connectivity index (χ0) is 14.3. The third-order valence-electron chi connectivity index (χ3n) is 2.65. The molecule has 1 aromatic rings. The molecular formula is C14H21NO3S. The van der Waals surface area contributed by atoms with Crippen molar-refractivity contribution < 1.29 is 14.2 Å². The molecule has 0 aliphatic heterocycles. The van der Waals surface area contributed by atoms with Gasteiger partial charge in [-0.1, -0.05) is 12.2 Å². The molecule has 0 spiro atoms. The summed E-state index contributed by atoms with van der Waals surface area (Å²) in [5.41, 5.74) is 8.55. The third-order valence-corrected chi connectivity index (χ3v) is 2.89. The number of nitrogens with two attached hydrogens (primary N) is 1. The van der Waals surface area contributed by atoms with Gasteiger partial charge in [-0.2, -0.15) is 0 Å². The van der Waals surface area contributed by atoms with Crippen LogP contribution < -0.4 is 10.5 Å². The first kappa shape index (κ1) is 15.9. The first-order valence-electron chi connectivity index (χ1n) is 6.16. The third kappa shape index (κ3) is 5.14. The standard InChI is InChI=1S/C14H21NO3S/c1-10-8-12(14(15)19)9-11(2)13(10)18-7-6-17-5-4-16-3/h8-9H,4-7H2,1-3H3,(H2,15,19). The van der Waals surface area contributed by atoms with Gasteiger partial charge in [-0.15, -0.1) is 0 Å². The second-order valence-corrected chi connectivity index (χ2v) is 4.70. The number of methoxy groups -OCH3 is 1. The van der Waals surface area contributed by atoms with Crippen LogP contribution in [0.1, 0.15) is 16.7 Å². The molecule has 0 bridgehead atoms. The molecule has 0 fully saturated rings. The van der Waals surface area contributed by atoms with E-state index < -0.39 is 0 Å². The van der Waals surface area contributed by atoms with Crippen molar-refractivity contribution in [1.82, 2.24) is 0 Å². The van der Waals surface area contributed by atoms with E-state index in [0.717, 1.165) is 22.4 Å². The van der Waals surface area contributed by atoms with E-state index in [-0.39, 0.29) is 0 Å². The van der Waals surface area contributed by atoms with E-state index in [1.165, 1.54) is 0 Å². The minimum atomic E-state index is 0.403. The Morgan fingerprint density at radius 1 is 1.11 bits per heavy atom. The first-order chi connectivity index (χ1) is 9.06. The number of aryl methyl sites for hydroxylation is 2. The lowest BCUT2D eigenvalue weighted by atomic mass is 10.1. The van der Waals surface area contributed by atoms with Gasteiger partial charge in [0.05, 0.1) is 19.8 Å². The Morgan fingerprint density at radius 2 is 1.68 bits per heavy atom. The SMILES string of the molecule is COCCOCCOc1c(C)cc(C(N)=S)cc1C. The summed E-state index contributed by atoms with van der Waals surface area (Å²) in [6.45, 7) is 6.20. The maximum absolute atomic E-state index is 5.73. The fourth-order valence-corrected chi connectivity index (χ4v) is 1.89. The van der Waals surface area contributed by atoms with Crippen LogP contribution in [0.25, 0.3) is 0 Å². The van der Waals surface area contributed by atoms with Gasteiger partial charge in [0.15, 0.2) is 0 Å². The van der Waals surface area contributed by atoms with E-state index in [1.54, 1.807) is 7.11 Å². The summed E-state index contributed by atoms with van der Waals surface area (Å²) in [6.07, 6.45) is 0. The van der Waals surface area contributed by atoms with Crippen molar-refractivity contribution in [3.05, 3.63) is 28.8 Å². The summed E-state index contributed by atoms with van der Waals surface area (Å²) in [5.74, 6) is 0.871. The number of hydrogen-bond acceptors (Lipinski definition) is 4. The van der Waals surface area contributed by atoms with Crippen LogP contribution in [-0.4, -0.2) is 38.5 Å². The smallest absolute Gasteiger partial charge is 0.125 e. The summed E-state index contributed by atoms with van der Waals surface area (Å²) in [6, 6.07) is 3.88. The van der Waals surface area contributed by atoms with E-state index in [9.17, 15) is 0 Å². The first-order valence-corrected chi connectivity index (χ1v) is 6.57. The van der Waals surface area contributed by atoms with Gasteiger partial charge in [0.25, 0.3) is 0 Å². The molecule has 0 radical (unpaired) electrons. The van der Waals surface area contributed by atoms with Crippen molar-refractivity contribution in [2.45, 2.75) is 13.8 Å². The van der Waals surface area contributed by atoms with Crippen molar-refractivity contribution in [2.75, 3.05) is 33.5 Å². The van der Waals surface area contributed by atoms with Crippen LogP contribution in [0.2, 0.25) is 0 Å². The Bertz CT molecular complexity index is 412. The Hall–Kier alpha value is -1.17. The predicted octanol–water partition coefficient (Wildman–Crippen LogP) is 1.98. The maximum Gasteiger partial charge on any atom is 0.125 e. The van der Waals surface area contributed by atoms with E-state index in [4.69, 9.17) is 32.2 Å². The highest BCUT2D eigenvalue weighted by atomic mass is 32.1. The van der Waals surface area contributed by atoms with Gasteiger partial charge >= 0.3 is 0 Å². The molecule has 0 saturated heterocycles. The Kier molecular flexibility index (Phi) is 6.77. The molecular weight excluding hydrogens is 262 g/mol. The Morgan fingerprint density at radius 3 is 2.21 bits per heavy atom. The maximum atomic E-state index is 5.73. The minimum absolute atomic E-state index is 0.403. The lowest BCUT2D eigenvalue weighted by Gasteiger charge is -2.14. The fourth-order valence-electron chi connectivity index (χ4n) is 1.77. The van der Waals surface area contributed by atoms with Gasteiger partial charge in [-0.25, -0.2) is 0 Å². The summed E-state index contributed by atoms with van der Waals surface area (Å²) in [7, 11) is 1.65. The summed E-state index contributed by atoms with van der Waals surface area (Å²) in [4.78, 5) is 0.403. The van der Waals surface area contributed by atoms with E-state index >= 15 is 0 Å². The molecule has 0 amide bonds. The molecule has 2 N–H and O–H groups in total. The molecule has 0 atom stereocenters. The zero-order valence-electron chi connectivity index (χ0n) is 11.7. The molecule has 4 nitrogen and oxygen atoms in total. The van der Waals surface area contributed by atoms with E-state index in [1.807, 2.05) is 26.0 Å². The highest BCUT2D eigenvalue weighted by Crippen LogP contribution is 2.24. The zero-order valence-corrected chi connectivity index (χ0v) is 12.5. The number of ether oxygens (including phenoxy) is 3. The van der Waals surface area contributed by atoms with Gasteiger partial charge in [0.1, 0.15) is 17.3 Å². The van der Waals surface area contributed by atoms with Gasteiger partial charge in [-0.3, -0.25) is 0 Å². The number of thiocarbonyl (C=S) groups is 1. The topological polar surface area (TPSA) is 53.7 Å². The Labute approximate surface area is 119 Å². The van der Waals surface area contributed by atoms with Crippen LogP contribution in [0.3, 0.4) is 0 Å². The average molecular weight is 283 g/mol. The highest BCUT2D eigenvalue weighted by molar-refractivity contribution is 7.80. The Balaban J connectivity index is 2.52. The second kappa shape index (κ2) is 8.09. The lowest BCUT2D eigenvalue weighted by Crippen LogP contribution is -2.13. The summed E-state index contributed by atoms with van der Waals surface area (Å²) in [5, 5.41) is 0. The minimum Gasteiger partial charge on any atom is -0.491 e. The van der Waals surface area contributed by atoms with Crippen LogP contribution in [-0.2, 0) is 9.47 Å². The quantitative estimate of drug-likeness (QED) is 0.584. The normalized spacial score (nSPS) is 10.5. The van der Waals surface area contributed by atoms with Gasteiger partial charge < -0.3 is 19.9 Å². The molecule has 0 aromatic heterocycles. The molecule has 0 saturated carbocycles. The molecule has 1 rings (SSSR count). The molecule has 1 aromatic carbocycles. The second-order valence-electron chi connectivity index (χ2n) is 4.26. The van der Waals surface area contributed by atoms with Crippen molar-refractivity contribution in [3.63, 3.8) is 0 Å². The number of rotatable bonds is 8. The van der Waals surface area contributed by atoms with Crippen LogP contribution >= 0.6 is 12.2 Å². The van der Waals surface area contributed by atoms with E-state index in [0.29, 0.717) is 31.4 Å². The van der Waals surface area contributed by atoms with Crippen LogP contribution in [0.5, 0.6) is 5.75 Å². The molecule has 106 valence electrons. The molecule has 5 heteroatoms. The predicted molar refractivity (Wildman–Crippen MR) is 80.0 cm³/mol. The van der Waals surface area contributed by atoms with Crippen molar-refractivity contribution in [2.24, 2.45) is 5.73 Å². The fraction of sp³-hybridized carbons (Fsp3) is 0.500. The van der Waals surface area contributed by atoms with Gasteiger partial charge in [0, 0.05) is 12.7 Å². The highest BCUT2D eigenvalue weighted by Gasteiger charge is 2.07. The number of hydrogen-bond donors (Lipinski definition) is 1. The largest absolute Gasteiger partial charge is 0.491 e. The van der Waals surface area contributed by atoms with Gasteiger partial charge in [-0.05, 0) is 37.1 Å². The lowest BCUT2D eigenvalue weighted by molar-refractivity contribution is 0.0542. The molecule has 0 aliphatic carbocycles. The van der Waals surface area contributed by atoms with Crippen LogP contribution in [0.15, 0.2) is 12.1 Å². The molecule has 19 heavy (non-hydrogen) atoms. The van der Waals surface area contributed by atoms with Crippen LogP contribution in [0.4, 0.5) is 0 Å². The summed E-state index contributed by atoms with van der Waals surface area (Å²) >= 11 is 4.98. The molecule has 0 unspecified atom stereocenters. The van der Waals surface area contributed by atoms with Crippen LogP contribution in [0, 0.1) is 13.8 Å². The monoisotopic (exact) mass is 283 g/mol. The van der Waals surface area contributed by atoms with Crippen molar-refractivity contribution >= 4 is 17.2 Å². The van der Waals surface area contributed by atoms with Crippen molar-refractivity contribution in [3.8, 4) is 5.75 Å².